The maximum Gasteiger partial charge on any atom is 0.220 e. The molecule has 14 nitrogen and oxygen atoms in total. The number of allylic oxidation sites excluding steroid dienone is 14. The van der Waals surface area contributed by atoms with E-state index in [1.165, 1.54) is 109 Å². The third-order valence-electron chi connectivity index (χ3n) is 15.4. The van der Waals surface area contributed by atoms with Crippen LogP contribution in [0.5, 0.6) is 0 Å². The van der Waals surface area contributed by atoms with Gasteiger partial charge in [-0.2, -0.15) is 0 Å². The Morgan fingerprint density at radius 3 is 1.31 bits per heavy atom. The minimum atomic E-state index is -1.79. The van der Waals surface area contributed by atoms with Crippen molar-refractivity contribution in [2.45, 2.75) is 312 Å². The number of hydrogen-bond donors (Lipinski definition) is 9. The highest BCUT2D eigenvalue weighted by atomic mass is 16.7. The number of aliphatic hydroxyl groups is 8. The summed E-state index contributed by atoms with van der Waals surface area (Å²) in [5.74, 6) is -0.215. The van der Waals surface area contributed by atoms with E-state index in [1.54, 1.807) is 0 Å². The average Bonchev–Trinajstić information content (AvgIpc) is 3.47. The van der Waals surface area contributed by atoms with E-state index in [0.29, 0.717) is 19.3 Å². The van der Waals surface area contributed by atoms with Gasteiger partial charge in [0.15, 0.2) is 12.6 Å². The van der Waals surface area contributed by atoms with Crippen LogP contribution in [0, 0.1) is 0 Å². The second kappa shape index (κ2) is 51.6. The van der Waals surface area contributed by atoms with E-state index in [4.69, 9.17) is 18.9 Å². The van der Waals surface area contributed by atoms with Crippen LogP contribution in [0.25, 0.3) is 0 Å². The standard InChI is InChI=1S/C67H117NO13/c1-3-5-7-9-11-13-15-17-19-21-22-23-24-25-26-27-28-29-30-31-32-33-34-35-37-39-41-43-45-47-49-51-59(72)68-55(56(71)50-48-46-44-42-40-38-36-20-18-16-14-12-10-8-6-4-2)54-78-66-64(77)62(75)65(58(53-70)80-66)81-67-63(76)61(74)60(73)57(52-69)79-67/h5,7,11,13,17,19,22-23,25-26,28-29,31-32,55-58,60-67,69-71,73-77H,3-4,6,8-10,12,14-16,18,20-21,24,27,30,33-54H2,1-2H3,(H,68,72)/b7-5-,13-11-,19-17-,23-22-,26-25-,29-28-,32-31-. The summed E-state index contributed by atoms with van der Waals surface area (Å²) >= 11 is 0. The summed E-state index contributed by atoms with van der Waals surface area (Å²) in [5.41, 5.74) is 0. The van der Waals surface area contributed by atoms with E-state index < -0.39 is 86.8 Å². The summed E-state index contributed by atoms with van der Waals surface area (Å²) in [6, 6.07) is -0.837. The Bertz CT molecular complexity index is 1680. The van der Waals surface area contributed by atoms with Crippen molar-refractivity contribution in [3.05, 3.63) is 85.1 Å². The van der Waals surface area contributed by atoms with Gasteiger partial charge in [-0.3, -0.25) is 4.79 Å². The normalized spacial score (nSPS) is 24.7. The first kappa shape index (κ1) is 74.3. The van der Waals surface area contributed by atoms with E-state index in [1.807, 2.05) is 0 Å². The van der Waals surface area contributed by atoms with Gasteiger partial charge in [-0.25, -0.2) is 0 Å². The molecule has 468 valence electrons. The highest BCUT2D eigenvalue weighted by Crippen LogP contribution is 2.30. The van der Waals surface area contributed by atoms with Crippen LogP contribution < -0.4 is 5.32 Å². The topological polar surface area (TPSA) is 228 Å². The Morgan fingerprint density at radius 2 is 0.852 bits per heavy atom. The molecule has 0 bridgehead atoms. The number of carbonyl (C=O) groups is 1. The lowest BCUT2D eigenvalue weighted by atomic mass is 9.97. The summed E-state index contributed by atoms with van der Waals surface area (Å²) in [6.45, 7) is 2.75. The van der Waals surface area contributed by atoms with Crippen LogP contribution in [0.4, 0.5) is 0 Å². The van der Waals surface area contributed by atoms with E-state index in [-0.39, 0.29) is 12.5 Å². The van der Waals surface area contributed by atoms with Gasteiger partial charge in [-0.1, -0.05) is 247 Å². The molecule has 81 heavy (non-hydrogen) atoms. The summed E-state index contributed by atoms with van der Waals surface area (Å²) in [5, 5.41) is 87.4. The highest BCUT2D eigenvalue weighted by Gasteiger charge is 2.51. The van der Waals surface area contributed by atoms with Crippen LogP contribution in [0.15, 0.2) is 85.1 Å². The van der Waals surface area contributed by atoms with Crippen molar-refractivity contribution in [1.29, 1.82) is 0 Å². The molecule has 1 amide bonds. The molecule has 12 unspecified atom stereocenters. The number of hydrogen-bond acceptors (Lipinski definition) is 13. The van der Waals surface area contributed by atoms with Crippen LogP contribution in [0.3, 0.4) is 0 Å². The molecule has 2 aliphatic heterocycles. The predicted octanol–water partition coefficient (Wildman–Crippen LogP) is 12.1. The van der Waals surface area contributed by atoms with Gasteiger partial charge in [-0.05, 0) is 70.6 Å². The van der Waals surface area contributed by atoms with Crippen LogP contribution in [-0.2, 0) is 23.7 Å². The maximum atomic E-state index is 13.3. The van der Waals surface area contributed by atoms with Crippen molar-refractivity contribution in [3.8, 4) is 0 Å². The summed E-state index contributed by atoms with van der Waals surface area (Å²) in [6.07, 6.45) is 52.9. The maximum absolute atomic E-state index is 13.3. The number of unbranched alkanes of at least 4 members (excludes halogenated alkanes) is 24. The minimum Gasteiger partial charge on any atom is -0.394 e. The van der Waals surface area contributed by atoms with Crippen molar-refractivity contribution >= 4 is 5.91 Å². The van der Waals surface area contributed by atoms with Gasteiger partial charge in [0.25, 0.3) is 0 Å². The molecule has 12 atom stereocenters. The first-order valence-electron chi connectivity index (χ1n) is 32.3. The van der Waals surface area contributed by atoms with Crippen molar-refractivity contribution in [1.82, 2.24) is 5.32 Å². The van der Waals surface area contributed by atoms with Crippen molar-refractivity contribution in [3.63, 3.8) is 0 Å². The third-order valence-corrected chi connectivity index (χ3v) is 15.4. The quantitative estimate of drug-likeness (QED) is 0.0204. The smallest absolute Gasteiger partial charge is 0.220 e. The Morgan fingerprint density at radius 1 is 0.457 bits per heavy atom. The number of ether oxygens (including phenoxy) is 4. The van der Waals surface area contributed by atoms with E-state index in [2.05, 4.69) is 104 Å². The number of amides is 1. The summed E-state index contributed by atoms with van der Waals surface area (Å²) in [7, 11) is 0. The summed E-state index contributed by atoms with van der Waals surface area (Å²) in [4.78, 5) is 13.3. The Balaban J connectivity index is 1.69. The molecule has 2 rings (SSSR count). The SMILES string of the molecule is CC/C=C\C/C=C\C/C=C\C/C=C\C/C=C\C/C=C\C/C=C\CCCCCCCCCCCC(=O)NC(COC1OC(CO)C(OC2OC(CO)C(O)C(O)C2O)C(O)C1O)C(O)CCCCCCCCCCCCCCCCCC. The van der Waals surface area contributed by atoms with Crippen LogP contribution >= 0.6 is 0 Å². The van der Waals surface area contributed by atoms with Gasteiger partial charge in [0.05, 0.1) is 32.0 Å². The second-order valence-electron chi connectivity index (χ2n) is 22.5. The van der Waals surface area contributed by atoms with Gasteiger partial charge >= 0.3 is 0 Å². The third kappa shape index (κ3) is 36.6. The first-order chi connectivity index (χ1) is 39.6. The molecular formula is C67H117NO13. The lowest BCUT2D eigenvalue weighted by Crippen LogP contribution is -2.65. The lowest BCUT2D eigenvalue weighted by Gasteiger charge is -2.46. The zero-order valence-corrected chi connectivity index (χ0v) is 50.5. The van der Waals surface area contributed by atoms with Gasteiger partial charge in [0.1, 0.15) is 48.8 Å². The highest BCUT2D eigenvalue weighted by molar-refractivity contribution is 5.76. The molecule has 14 heteroatoms. The molecule has 0 aromatic rings. The largest absolute Gasteiger partial charge is 0.394 e. The lowest BCUT2D eigenvalue weighted by molar-refractivity contribution is -0.359. The minimum absolute atomic E-state index is 0.215. The fourth-order valence-electron chi connectivity index (χ4n) is 10.2. The van der Waals surface area contributed by atoms with Crippen molar-refractivity contribution in [2.24, 2.45) is 0 Å². The number of aliphatic hydroxyl groups excluding tert-OH is 8. The van der Waals surface area contributed by atoms with Crippen molar-refractivity contribution < 1.29 is 64.6 Å². The van der Waals surface area contributed by atoms with E-state index >= 15 is 0 Å². The average molecular weight is 1140 g/mol. The predicted molar refractivity (Wildman–Crippen MR) is 327 cm³/mol. The van der Waals surface area contributed by atoms with Gasteiger partial charge in [0, 0.05) is 6.42 Å². The summed E-state index contributed by atoms with van der Waals surface area (Å²) < 4.78 is 22.9. The molecular weight excluding hydrogens is 1030 g/mol. The molecule has 2 fully saturated rings. The molecule has 2 aliphatic rings. The van der Waals surface area contributed by atoms with Crippen LogP contribution in [0.1, 0.15) is 239 Å². The molecule has 0 saturated carbocycles. The second-order valence-corrected chi connectivity index (χ2v) is 22.5. The molecule has 2 heterocycles. The Hall–Kier alpha value is -2.83. The van der Waals surface area contributed by atoms with E-state index in [0.717, 1.165) is 96.3 Å². The van der Waals surface area contributed by atoms with Gasteiger partial charge < -0.3 is 65.1 Å². The molecule has 0 spiro atoms. The Labute approximate surface area is 491 Å². The number of carbonyl (C=O) groups excluding carboxylic acids is 1. The zero-order valence-electron chi connectivity index (χ0n) is 50.5. The van der Waals surface area contributed by atoms with Crippen LogP contribution in [0.2, 0.25) is 0 Å². The van der Waals surface area contributed by atoms with Crippen LogP contribution in [-0.4, -0.2) is 140 Å². The molecule has 2 saturated heterocycles. The molecule has 0 aromatic heterocycles. The van der Waals surface area contributed by atoms with Crippen molar-refractivity contribution in [2.75, 3.05) is 19.8 Å². The van der Waals surface area contributed by atoms with E-state index in [9.17, 15) is 45.6 Å². The zero-order chi connectivity index (χ0) is 58.8. The fourth-order valence-corrected chi connectivity index (χ4v) is 10.2. The van der Waals surface area contributed by atoms with Gasteiger partial charge in [-0.15, -0.1) is 0 Å². The number of nitrogens with one attached hydrogen (secondary N) is 1. The number of rotatable bonds is 51. The fraction of sp³-hybridized carbons (Fsp3) is 0.776. The molecule has 0 radical (unpaired) electrons. The monoisotopic (exact) mass is 1140 g/mol. The first-order valence-corrected chi connectivity index (χ1v) is 32.3. The Kier molecular flexibility index (Phi) is 47.3. The molecule has 9 N–H and O–H groups in total. The van der Waals surface area contributed by atoms with Gasteiger partial charge in [0.2, 0.25) is 5.91 Å². The molecule has 0 aromatic carbocycles. The molecule has 0 aliphatic carbocycles.